The number of carbonyl (C=O) groups excluding carboxylic acids is 1. The second-order valence-corrected chi connectivity index (χ2v) is 4.95. The van der Waals surface area contributed by atoms with Gasteiger partial charge < -0.3 is 4.74 Å². The number of methoxy groups -OCH3 is 1. The van der Waals surface area contributed by atoms with Gasteiger partial charge in [0.2, 0.25) is 10.0 Å². The van der Waals surface area contributed by atoms with E-state index in [0.29, 0.717) is 5.69 Å². The van der Waals surface area contributed by atoms with Gasteiger partial charge in [-0.25, -0.2) is 8.42 Å². The van der Waals surface area contributed by atoms with Gasteiger partial charge in [0.25, 0.3) is 0 Å². The molecular formula is C10H15NO4S. The number of esters is 1. The van der Waals surface area contributed by atoms with Gasteiger partial charge in [-0.15, -0.1) is 0 Å². The summed E-state index contributed by atoms with van der Waals surface area (Å²) in [6.45, 7) is 0. The Labute approximate surface area is 96.0 Å². The summed E-state index contributed by atoms with van der Waals surface area (Å²) in [5, 5.41) is 0. The van der Waals surface area contributed by atoms with E-state index in [2.05, 4.69) is 9.46 Å². The Kier molecular flexibility index (Phi) is 4.30. The van der Waals surface area contributed by atoms with Crippen LogP contribution >= 0.6 is 0 Å². The summed E-state index contributed by atoms with van der Waals surface area (Å²) in [7, 11) is -2.27. The molecule has 0 heterocycles. The predicted molar refractivity (Wildman–Crippen MR) is 62.6 cm³/mol. The van der Waals surface area contributed by atoms with Crippen molar-refractivity contribution in [2.24, 2.45) is 0 Å². The average molecular weight is 245 g/mol. The van der Waals surface area contributed by atoms with Crippen LogP contribution in [0.15, 0.2) is 30.3 Å². The van der Waals surface area contributed by atoms with Crippen molar-refractivity contribution >= 4 is 21.7 Å². The topological polar surface area (TPSA) is 72.5 Å². The molecule has 0 saturated carbocycles. The highest BCUT2D eigenvalue weighted by atomic mass is 32.2. The Balaban J connectivity index is 0.00000256. The van der Waals surface area contributed by atoms with Crippen LogP contribution in [-0.2, 0) is 19.6 Å². The van der Waals surface area contributed by atoms with Crippen molar-refractivity contribution in [3.05, 3.63) is 30.3 Å². The van der Waals surface area contributed by atoms with Crippen LogP contribution in [0, 0.1) is 0 Å². The van der Waals surface area contributed by atoms with Gasteiger partial charge in [-0.3, -0.25) is 9.52 Å². The lowest BCUT2D eigenvalue weighted by Gasteiger charge is -2.06. The number of benzene rings is 1. The van der Waals surface area contributed by atoms with Crippen molar-refractivity contribution in [1.29, 1.82) is 0 Å². The first-order chi connectivity index (χ1) is 7.53. The number of anilines is 1. The molecule has 6 heteroatoms. The zero-order valence-corrected chi connectivity index (χ0v) is 9.66. The Morgan fingerprint density at radius 2 is 2.00 bits per heavy atom. The van der Waals surface area contributed by atoms with Crippen LogP contribution in [0.5, 0.6) is 0 Å². The molecule has 0 fully saturated rings. The van der Waals surface area contributed by atoms with Crippen molar-refractivity contribution in [2.75, 3.05) is 17.6 Å². The van der Waals surface area contributed by atoms with Crippen LogP contribution in [0.25, 0.3) is 0 Å². The zero-order chi connectivity index (χ0) is 12.0. The SMILES string of the molecule is COC(=O)CCS(=O)(=O)Nc1ccccc1.[HH]. The second kappa shape index (κ2) is 5.50. The molecule has 16 heavy (non-hydrogen) atoms. The fourth-order valence-corrected chi connectivity index (χ4v) is 2.09. The van der Waals surface area contributed by atoms with E-state index < -0.39 is 16.0 Å². The van der Waals surface area contributed by atoms with Crippen molar-refractivity contribution in [3.8, 4) is 0 Å². The molecule has 0 radical (unpaired) electrons. The highest BCUT2D eigenvalue weighted by Gasteiger charge is 2.13. The van der Waals surface area contributed by atoms with Gasteiger partial charge in [-0.1, -0.05) is 18.2 Å². The molecule has 1 rings (SSSR count). The first-order valence-electron chi connectivity index (χ1n) is 4.66. The van der Waals surface area contributed by atoms with E-state index in [1.165, 1.54) is 7.11 Å². The third kappa shape index (κ3) is 4.31. The van der Waals surface area contributed by atoms with Gasteiger partial charge in [0, 0.05) is 7.11 Å². The third-order valence-corrected chi connectivity index (χ3v) is 3.14. The van der Waals surface area contributed by atoms with Crippen LogP contribution < -0.4 is 4.72 Å². The molecule has 5 nitrogen and oxygen atoms in total. The Hall–Kier alpha value is -1.56. The molecule has 1 N–H and O–H groups in total. The van der Waals surface area contributed by atoms with Gasteiger partial charge in [0.1, 0.15) is 0 Å². The van der Waals surface area contributed by atoms with Crippen LogP contribution in [0.3, 0.4) is 0 Å². The van der Waals surface area contributed by atoms with Crippen molar-refractivity contribution < 1.29 is 19.4 Å². The molecule has 0 unspecified atom stereocenters. The first kappa shape index (κ1) is 12.5. The maximum atomic E-state index is 11.5. The van der Waals surface area contributed by atoms with E-state index >= 15 is 0 Å². The van der Waals surface area contributed by atoms with E-state index in [0.717, 1.165) is 0 Å². The lowest BCUT2D eigenvalue weighted by atomic mass is 10.3. The maximum absolute atomic E-state index is 11.5. The van der Waals surface area contributed by atoms with Gasteiger partial charge in [0.15, 0.2) is 0 Å². The Bertz CT molecular complexity index is 447. The lowest BCUT2D eigenvalue weighted by Crippen LogP contribution is -2.19. The maximum Gasteiger partial charge on any atom is 0.306 e. The molecule has 0 bridgehead atoms. The number of hydrogen-bond acceptors (Lipinski definition) is 4. The van der Waals surface area contributed by atoms with Gasteiger partial charge in [-0.2, -0.15) is 0 Å². The van der Waals surface area contributed by atoms with E-state index in [-0.39, 0.29) is 13.6 Å². The van der Waals surface area contributed by atoms with Crippen molar-refractivity contribution in [1.82, 2.24) is 0 Å². The highest BCUT2D eigenvalue weighted by Crippen LogP contribution is 2.08. The van der Waals surface area contributed by atoms with E-state index in [4.69, 9.17) is 0 Å². The number of hydrogen-bond donors (Lipinski definition) is 1. The summed E-state index contributed by atoms with van der Waals surface area (Å²) in [4.78, 5) is 10.8. The summed E-state index contributed by atoms with van der Waals surface area (Å²) in [6, 6.07) is 8.49. The molecule has 1 aromatic rings. The van der Waals surface area contributed by atoms with Gasteiger partial charge in [0.05, 0.1) is 19.3 Å². The Morgan fingerprint density at radius 1 is 1.38 bits per heavy atom. The highest BCUT2D eigenvalue weighted by molar-refractivity contribution is 7.92. The monoisotopic (exact) mass is 245 g/mol. The van der Waals surface area contributed by atoms with Gasteiger partial charge >= 0.3 is 5.97 Å². The van der Waals surface area contributed by atoms with E-state index in [1.54, 1.807) is 30.3 Å². The summed E-state index contributed by atoms with van der Waals surface area (Å²) in [5.74, 6) is -0.826. The molecule has 0 aliphatic rings. The molecule has 0 aliphatic carbocycles. The van der Waals surface area contributed by atoms with Crippen LogP contribution in [-0.4, -0.2) is 27.2 Å². The molecule has 1 aromatic carbocycles. The molecule has 0 atom stereocenters. The summed E-state index contributed by atoms with van der Waals surface area (Å²) in [6.07, 6.45) is -0.154. The summed E-state index contributed by atoms with van der Waals surface area (Å²) >= 11 is 0. The molecule has 0 spiro atoms. The fourth-order valence-electron chi connectivity index (χ4n) is 1.06. The first-order valence-corrected chi connectivity index (χ1v) is 6.31. The average Bonchev–Trinajstić information content (AvgIpc) is 2.27. The number of ether oxygens (including phenoxy) is 1. The van der Waals surface area contributed by atoms with Crippen LogP contribution in [0.4, 0.5) is 5.69 Å². The molecule has 0 aromatic heterocycles. The van der Waals surface area contributed by atoms with Crippen molar-refractivity contribution in [3.63, 3.8) is 0 Å². The quantitative estimate of drug-likeness (QED) is 0.792. The Morgan fingerprint density at radius 3 is 2.56 bits per heavy atom. The fraction of sp³-hybridized carbons (Fsp3) is 0.300. The number of carbonyl (C=O) groups is 1. The number of nitrogens with one attached hydrogen (secondary N) is 1. The second-order valence-electron chi connectivity index (χ2n) is 3.11. The largest absolute Gasteiger partial charge is 0.469 e. The minimum Gasteiger partial charge on any atom is -0.469 e. The zero-order valence-electron chi connectivity index (χ0n) is 8.84. The smallest absolute Gasteiger partial charge is 0.306 e. The minimum absolute atomic E-state index is 0. The number of sulfonamides is 1. The lowest BCUT2D eigenvalue weighted by molar-refractivity contribution is -0.140. The van der Waals surface area contributed by atoms with E-state index in [9.17, 15) is 13.2 Å². The molecule has 0 amide bonds. The van der Waals surface area contributed by atoms with Crippen molar-refractivity contribution in [2.45, 2.75) is 6.42 Å². The molecule has 90 valence electrons. The molecule has 0 aliphatic heterocycles. The molecule has 0 saturated heterocycles. The summed E-state index contributed by atoms with van der Waals surface area (Å²) in [5.41, 5.74) is 0.479. The minimum atomic E-state index is -3.49. The van der Waals surface area contributed by atoms with Crippen LogP contribution in [0.2, 0.25) is 0 Å². The third-order valence-electron chi connectivity index (χ3n) is 1.85. The van der Waals surface area contributed by atoms with E-state index in [1.807, 2.05) is 0 Å². The predicted octanol–water partition coefficient (Wildman–Crippen LogP) is 1.24. The van der Waals surface area contributed by atoms with Gasteiger partial charge in [-0.05, 0) is 12.1 Å². The standard InChI is InChI=1S/C10H13NO4S.H2/c1-15-10(12)7-8-16(13,14)11-9-5-3-2-4-6-9;/h2-6,11H,7-8H2,1H3;1H. The summed E-state index contributed by atoms with van der Waals surface area (Å²) < 4.78 is 29.7. The van der Waals surface area contributed by atoms with Crippen LogP contribution in [0.1, 0.15) is 7.85 Å². The molecular weight excluding hydrogens is 230 g/mol. The number of para-hydroxylation sites is 1. The normalized spacial score (nSPS) is 10.8. The number of rotatable bonds is 5.